The lowest BCUT2D eigenvalue weighted by Crippen LogP contribution is -2.51. The van der Waals surface area contributed by atoms with Crippen LogP contribution in [0.5, 0.6) is 5.75 Å². The van der Waals surface area contributed by atoms with Crippen LogP contribution in [0.15, 0.2) is 54.6 Å². The van der Waals surface area contributed by atoms with Gasteiger partial charge in [-0.15, -0.1) is 0 Å². The van der Waals surface area contributed by atoms with E-state index in [1.165, 1.54) is 24.3 Å². The zero-order chi connectivity index (χ0) is 27.2. The minimum Gasteiger partial charge on any atom is -0.478 e. The molecule has 2 aromatic rings. The fourth-order valence-electron chi connectivity index (χ4n) is 3.24. The van der Waals surface area contributed by atoms with Crippen LogP contribution in [0, 0.1) is 5.41 Å². The van der Waals surface area contributed by atoms with Crippen molar-refractivity contribution in [3.63, 3.8) is 0 Å². The van der Waals surface area contributed by atoms with E-state index in [-0.39, 0.29) is 43.1 Å². The van der Waals surface area contributed by atoms with Gasteiger partial charge in [-0.1, -0.05) is 30.3 Å². The van der Waals surface area contributed by atoms with Gasteiger partial charge < -0.3 is 37.3 Å². The van der Waals surface area contributed by atoms with Crippen LogP contribution in [-0.2, 0) is 20.9 Å². The molecule has 2 aromatic carbocycles. The van der Waals surface area contributed by atoms with Crippen molar-refractivity contribution in [3.8, 4) is 5.75 Å². The van der Waals surface area contributed by atoms with Crippen molar-refractivity contribution in [2.24, 2.45) is 11.5 Å². The summed E-state index contributed by atoms with van der Waals surface area (Å²) in [5.41, 5.74) is 12.2. The second kappa shape index (κ2) is 14.8. The number of amides is 2. The van der Waals surface area contributed by atoms with E-state index >= 15 is 0 Å². The molecule has 198 valence electrons. The summed E-state index contributed by atoms with van der Waals surface area (Å²) in [7, 11) is 0. The number of guanidine groups is 1. The zero-order valence-corrected chi connectivity index (χ0v) is 20.2. The molecule has 0 aromatic heterocycles. The third kappa shape index (κ3) is 10.8. The number of carbonyl (C=O) groups excluding carboxylic acids is 3. The Labute approximate surface area is 214 Å². The van der Waals surface area contributed by atoms with Gasteiger partial charge in [0.05, 0.1) is 11.6 Å². The van der Waals surface area contributed by atoms with Gasteiger partial charge in [0, 0.05) is 19.5 Å². The molecule has 2 atom stereocenters. The first-order valence-corrected chi connectivity index (χ1v) is 11.6. The Morgan fingerprint density at radius 2 is 1.62 bits per heavy atom. The quantitative estimate of drug-likeness (QED) is 0.0615. The summed E-state index contributed by atoms with van der Waals surface area (Å²) in [6.45, 7) is 0.627. The minimum atomic E-state index is -1.10. The van der Waals surface area contributed by atoms with E-state index in [1.54, 1.807) is 0 Å². The molecule has 0 bridgehead atoms. The van der Waals surface area contributed by atoms with E-state index in [2.05, 4.69) is 16.0 Å². The second-order valence-electron chi connectivity index (χ2n) is 8.20. The van der Waals surface area contributed by atoms with Crippen molar-refractivity contribution in [1.29, 1.82) is 5.41 Å². The molecule has 2 rings (SSSR count). The van der Waals surface area contributed by atoms with Crippen LogP contribution < -0.4 is 32.2 Å². The normalized spacial score (nSPS) is 12.0. The van der Waals surface area contributed by atoms with E-state index in [1.807, 2.05) is 30.3 Å². The molecule has 12 nitrogen and oxygen atoms in total. The first-order valence-electron chi connectivity index (χ1n) is 11.6. The molecular weight excluding hydrogens is 480 g/mol. The highest BCUT2D eigenvalue weighted by molar-refractivity contribution is 5.90. The summed E-state index contributed by atoms with van der Waals surface area (Å²) in [4.78, 5) is 48.4. The van der Waals surface area contributed by atoms with E-state index in [0.717, 1.165) is 5.56 Å². The molecule has 0 heterocycles. The largest absolute Gasteiger partial charge is 0.478 e. The van der Waals surface area contributed by atoms with Gasteiger partial charge in [-0.05, 0) is 49.1 Å². The van der Waals surface area contributed by atoms with Crippen LogP contribution >= 0.6 is 0 Å². The summed E-state index contributed by atoms with van der Waals surface area (Å²) in [5, 5.41) is 24.2. The summed E-state index contributed by atoms with van der Waals surface area (Å²) in [5.74, 6) is -2.76. The van der Waals surface area contributed by atoms with Gasteiger partial charge in [-0.3, -0.25) is 19.8 Å². The number of carboxylic acid groups (broad SMARTS) is 1. The lowest BCUT2D eigenvalue weighted by atomic mass is 10.1. The number of carboxylic acids is 1. The first-order chi connectivity index (χ1) is 17.7. The lowest BCUT2D eigenvalue weighted by molar-refractivity contribution is -0.135. The maximum atomic E-state index is 12.8. The first kappa shape index (κ1) is 28.8. The highest BCUT2D eigenvalue weighted by Crippen LogP contribution is 2.13. The molecule has 0 aliphatic carbocycles. The number of carbonyl (C=O) groups is 4. The van der Waals surface area contributed by atoms with Crippen LogP contribution in [0.3, 0.4) is 0 Å². The Bertz CT molecular complexity index is 1080. The summed E-state index contributed by atoms with van der Waals surface area (Å²) in [6.07, 6.45) is 0.532. The fraction of sp³-hybridized carbons (Fsp3) is 0.320. The molecule has 0 radical (unpaired) electrons. The van der Waals surface area contributed by atoms with Crippen LogP contribution in [0.25, 0.3) is 0 Å². The molecule has 0 aliphatic rings. The van der Waals surface area contributed by atoms with Crippen molar-refractivity contribution in [3.05, 3.63) is 65.7 Å². The standard InChI is InChI=1S/C25H32N6O6/c26-19(12-13-21(32)37-18-10-8-17(9-11-18)24(35)36)22(33)31-20(7-4-14-29-25(27)28)23(34)30-15-16-5-2-1-3-6-16/h1-3,5-6,8-11,19-20H,4,7,12-15,26H2,(H,30,34)(H,31,33)(H,35,36)(H4,27,28,29)/t19-,20-/m0/s1. The van der Waals surface area contributed by atoms with Crippen LogP contribution in [0.2, 0.25) is 0 Å². The van der Waals surface area contributed by atoms with E-state index in [0.29, 0.717) is 13.0 Å². The summed E-state index contributed by atoms with van der Waals surface area (Å²) < 4.78 is 5.14. The van der Waals surface area contributed by atoms with Crippen molar-refractivity contribution in [2.45, 2.75) is 44.3 Å². The summed E-state index contributed by atoms with van der Waals surface area (Å²) in [6, 6.07) is 12.7. The topological polar surface area (TPSA) is 210 Å². The van der Waals surface area contributed by atoms with Gasteiger partial charge in [-0.25, -0.2) is 4.79 Å². The Morgan fingerprint density at radius 1 is 0.946 bits per heavy atom. The number of nitrogens with one attached hydrogen (secondary N) is 4. The molecule has 0 aliphatic heterocycles. The predicted octanol–water partition coefficient (Wildman–Crippen LogP) is 0.462. The SMILES string of the molecule is N=C(N)NCCC[C@H](NC(=O)[C@@H](N)CCC(=O)Oc1ccc(C(=O)O)cc1)C(=O)NCc1ccccc1. The van der Waals surface area contributed by atoms with E-state index < -0.39 is 35.8 Å². The predicted molar refractivity (Wildman–Crippen MR) is 136 cm³/mol. The van der Waals surface area contributed by atoms with Crippen molar-refractivity contribution < 1.29 is 29.0 Å². The molecule has 0 saturated heterocycles. The second-order valence-corrected chi connectivity index (χ2v) is 8.20. The third-order valence-corrected chi connectivity index (χ3v) is 5.26. The monoisotopic (exact) mass is 512 g/mol. The smallest absolute Gasteiger partial charge is 0.335 e. The summed E-state index contributed by atoms with van der Waals surface area (Å²) >= 11 is 0. The molecule has 37 heavy (non-hydrogen) atoms. The van der Waals surface area contributed by atoms with Crippen LogP contribution in [0.4, 0.5) is 0 Å². The molecule has 2 amide bonds. The number of nitrogens with two attached hydrogens (primary N) is 2. The molecule has 0 fully saturated rings. The van der Waals surface area contributed by atoms with Gasteiger partial charge in [-0.2, -0.15) is 0 Å². The number of hydrogen-bond donors (Lipinski definition) is 7. The Hall–Kier alpha value is -4.45. The number of aromatic carboxylic acids is 1. The highest BCUT2D eigenvalue weighted by atomic mass is 16.5. The van der Waals surface area contributed by atoms with Crippen LogP contribution in [0.1, 0.15) is 41.6 Å². The molecule has 0 spiro atoms. The number of hydrogen-bond acceptors (Lipinski definition) is 7. The van der Waals surface area contributed by atoms with E-state index in [4.69, 9.17) is 26.7 Å². The third-order valence-electron chi connectivity index (χ3n) is 5.26. The average Bonchev–Trinajstić information content (AvgIpc) is 2.88. The van der Waals surface area contributed by atoms with Crippen molar-refractivity contribution >= 4 is 29.7 Å². The number of esters is 1. The average molecular weight is 513 g/mol. The number of ether oxygens (including phenoxy) is 1. The van der Waals surface area contributed by atoms with Gasteiger partial charge in [0.2, 0.25) is 11.8 Å². The van der Waals surface area contributed by atoms with Gasteiger partial charge >= 0.3 is 11.9 Å². The molecule has 12 heteroatoms. The number of benzene rings is 2. The Morgan fingerprint density at radius 3 is 2.24 bits per heavy atom. The number of rotatable bonds is 14. The van der Waals surface area contributed by atoms with Crippen molar-refractivity contribution in [1.82, 2.24) is 16.0 Å². The molecule has 0 unspecified atom stereocenters. The van der Waals surface area contributed by atoms with Crippen molar-refractivity contribution in [2.75, 3.05) is 6.54 Å². The zero-order valence-electron chi connectivity index (χ0n) is 20.2. The van der Waals surface area contributed by atoms with Gasteiger partial charge in [0.1, 0.15) is 11.8 Å². The molecular formula is C25H32N6O6. The maximum absolute atomic E-state index is 12.8. The minimum absolute atomic E-state index is 0.0257. The highest BCUT2D eigenvalue weighted by Gasteiger charge is 2.24. The van der Waals surface area contributed by atoms with Crippen LogP contribution in [-0.4, -0.2) is 53.4 Å². The van der Waals surface area contributed by atoms with E-state index in [9.17, 15) is 19.2 Å². The maximum Gasteiger partial charge on any atom is 0.335 e. The lowest BCUT2D eigenvalue weighted by Gasteiger charge is -2.21. The van der Waals surface area contributed by atoms with Gasteiger partial charge in [0.15, 0.2) is 5.96 Å². The Kier molecular flexibility index (Phi) is 11.5. The Balaban J connectivity index is 1.87. The molecule has 0 saturated carbocycles. The van der Waals surface area contributed by atoms with Gasteiger partial charge in [0.25, 0.3) is 0 Å². The molecule has 9 N–H and O–H groups in total. The fourth-order valence-corrected chi connectivity index (χ4v) is 3.24.